The Kier molecular flexibility index (Phi) is 53.3. The molecule has 63 heavy (non-hydrogen) atoms. The van der Waals surface area contributed by atoms with Gasteiger partial charge in [0.2, 0.25) is 5.91 Å². The van der Waals surface area contributed by atoms with Gasteiger partial charge in [0, 0.05) is 6.42 Å². The van der Waals surface area contributed by atoms with Gasteiger partial charge in [-0.3, -0.25) is 4.79 Å². The number of carbonyl (C=O) groups excluding carboxylic acids is 1. The molecule has 4 heteroatoms. The van der Waals surface area contributed by atoms with Crippen molar-refractivity contribution in [1.29, 1.82) is 0 Å². The van der Waals surface area contributed by atoms with E-state index in [1.54, 1.807) is 6.08 Å². The Morgan fingerprint density at radius 3 is 0.921 bits per heavy atom. The van der Waals surface area contributed by atoms with Gasteiger partial charge in [-0.2, -0.15) is 0 Å². The summed E-state index contributed by atoms with van der Waals surface area (Å²) in [6.07, 6.45) is 75.6. The van der Waals surface area contributed by atoms with Crippen molar-refractivity contribution in [3.8, 4) is 0 Å². The molecule has 0 radical (unpaired) electrons. The first-order chi connectivity index (χ1) is 31.2. The monoisotopic (exact) mass is 882 g/mol. The van der Waals surface area contributed by atoms with Crippen LogP contribution in [-0.2, 0) is 4.79 Å². The standard InChI is InChI=1S/C59H111NO3/c1-3-5-7-9-11-13-15-17-19-21-23-25-26-27-28-29-30-31-32-33-35-37-39-41-43-45-47-49-51-53-55-59(63)60-57(56-61)58(62)54-52-50-48-46-44-42-40-38-36-34-24-22-20-18-16-14-12-10-8-6-4-2/h27-28,36,38,44,46,52,54,57-58,61-62H,3-26,29-35,37,39-43,45,47-51,53,55-56H2,1-2H3,(H,60,63)/b28-27-,38-36+,46-44+,54-52+. The van der Waals surface area contributed by atoms with Gasteiger partial charge < -0.3 is 15.5 Å². The van der Waals surface area contributed by atoms with Gasteiger partial charge in [0.25, 0.3) is 0 Å². The molecule has 370 valence electrons. The predicted octanol–water partition coefficient (Wildman–Crippen LogP) is 18.6. The molecule has 0 aromatic heterocycles. The third-order valence-electron chi connectivity index (χ3n) is 13.0. The van der Waals surface area contributed by atoms with Gasteiger partial charge in [0.1, 0.15) is 0 Å². The number of amides is 1. The Bertz CT molecular complexity index is 1000. The van der Waals surface area contributed by atoms with Gasteiger partial charge in [-0.15, -0.1) is 0 Å². The lowest BCUT2D eigenvalue weighted by Gasteiger charge is -2.19. The van der Waals surface area contributed by atoms with Crippen LogP contribution in [0.2, 0.25) is 0 Å². The molecule has 3 N–H and O–H groups in total. The van der Waals surface area contributed by atoms with Gasteiger partial charge >= 0.3 is 0 Å². The average molecular weight is 883 g/mol. The molecule has 0 aromatic rings. The molecule has 0 bridgehead atoms. The average Bonchev–Trinajstić information content (AvgIpc) is 3.29. The lowest BCUT2D eigenvalue weighted by molar-refractivity contribution is -0.123. The molecule has 0 aliphatic carbocycles. The molecule has 0 rings (SSSR count). The van der Waals surface area contributed by atoms with Gasteiger partial charge in [0.15, 0.2) is 0 Å². The minimum Gasteiger partial charge on any atom is -0.394 e. The van der Waals surface area contributed by atoms with Gasteiger partial charge in [-0.1, -0.05) is 274 Å². The fourth-order valence-corrected chi connectivity index (χ4v) is 8.68. The fourth-order valence-electron chi connectivity index (χ4n) is 8.68. The summed E-state index contributed by atoms with van der Waals surface area (Å²) in [6.45, 7) is 4.32. The highest BCUT2D eigenvalue weighted by molar-refractivity contribution is 5.76. The van der Waals surface area contributed by atoms with E-state index >= 15 is 0 Å². The minimum absolute atomic E-state index is 0.0747. The first kappa shape index (κ1) is 61.4. The molecule has 0 saturated carbocycles. The van der Waals surface area contributed by atoms with E-state index in [1.807, 2.05) is 6.08 Å². The Balaban J connectivity index is 3.52. The van der Waals surface area contributed by atoms with Gasteiger partial charge in [-0.05, 0) is 70.6 Å². The van der Waals surface area contributed by atoms with Crippen LogP contribution in [0.1, 0.15) is 303 Å². The number of rotatable bonds is 52. The van der Waals surface area contributed by atoms with Crippen molar-refractivity contribution in [1.82, 2.24) is 5.32 Å². The lowest BCUT2D eigenvalue weighted by Crippen LogP contribution is -2.45. The number of hydrogen-bond donors (Lipinski definition) is 3. The molecule has 4 nitrogen and oxygen atoms in total. The fraction of sp³-hybridized carbons (Fsp3) is 0.847. The number of carbonyl (C=O) groups is 1. The van der Waals surface area contributed by atoms with Crippen LogP contribution in [-0.4, -0.2) is 34.9 Å². The van der Waals surface area contributed by atoms with Crippen molar-refractivity contribution < 1.29 is 15.0 Å². The molecule has 0 saturated heterocycles. The van der Waals surface area contributed by atoms with E-state index in [-0.39, 0.29) is 12.5 Å². The maximum atomic E-state index is 12.5. The molecule has 0 aliphatic heterocycles. The smallest absolute Gasteiger partial charge is 0.220 e. The van der Waals surface area contributed by atoms with E-state index in [0.717, 1.165) is 38.5 Å². The van der Waals surface area contributed by atoms with Crippen LogP contribution in [0.5, 0.6) is 0 Å². The zero-order chi connectivity index (χ0) is 45.6. The summed E-state index contributed by atoms with van der Waals surface area (Å²) in [6, 6.07) is -0.646. The second-order valence-electron chi connectivity index (χ2n) is 19.3. The molecule has 0 aromatic carbocycles. The third kappa shape index (κ3) is 51.2. The van der Waals surface area contributed by atoms with E-state index in [4.69, 9.17) is 0 Å². The molecular formula is C59H111NO3. The van der Waals surface area contributed by atoms with E-state index in [2.05, 4.69) is 55.6 Å². The van der Waals surface area contributed by atoms with Crippen molar-refractivity contribution in [2.75, 3.05) is 6.61 Å². The molecule has 0 heterocycles. The quantitative estimate of drug-likeness (QED) is 0.0421. The number of unbranched alkanes of at least 4 members (excludes halogenated alkanes) is 39. The first-order valence-corrected chi connectivity index (χ1v) is 28.4. The van der Waals surface area contributed by atoms with E-state index in [1.165, 1.54) is 244 Å². The van der Waals surface area contributed by atoms with Crippen molar-refractivity contribution in [2.45, 2.75) is 315 Å². The Hall–Kier alpha value is -1.65. The summed E-state index contributed by atoms with van der Waals surface area (Å²) in [7, 11) is 0. The van der Waals surface area contributed by atoms with Gasteiger partial charge in [0.05, 0.1) is 18.8 Å². The van der Waals surface area contributed by atoms with Crippen molar-refractivity contribution in [3.63, 3.8) is 0 Å². The molecule has 0 fully saturated rings. The maximum Gasteiger partial charge on any atom is 0.220 e. The van der Waals surface area contributed by atoms with Crippen LogP contribution in [0.15, 0.2) is 48.6 Å². The van der Waals surface area contributed by atoms with Crippen LogP contribution >= 0.6 is 0 Å². The van der Waals surface area contributed by atoms with Gasteiger partial charge in [-0.25, -0.2) is 0 Å². The topological polar surface area (TPSA) is 69.6 Å². The highest BCUT2D eigenvalue weighted by Crippen LogP contribution is 2.16. The summed E-state index contributed by atoms with van der Waals surface area (Å²) in [5, 5.41) is 23.1. The maximum absolute atomic E-state index is 12.5. The second-order valence-corrected chi connectivity index (χ2v) is 19.3. The number of nitrogens with one attached hydrogen (secondary N) is 1. The van der Waals surface area contributed by atoms with E-state index < -0.39 is 12.1 Å². The Morgan fingerprint density at radius 2 is 0.619 bits per heavy atom. The molecule has 2 atom stereocenters. The highest BCUT2D eigenvalue weighted by atomic mass is 16.3. The second kappa shape index (κ2) is 54.7. The largest absolute Gasteiger partial charge is 0.394 e. The highest BCUT2D eigenvalue weighted by Gasteiger charge is 2.18. The predicted molar refractivity (Wildman–Crippen MR) is 281 cm³/mol. The summed E-state index contributed by atoms with van der Waals surface area (Å²) in [4.78, 5) is 12.5. The van der Waals surface area contributed by atoms with Crippen LogP contribution in [0.3, 0.4) is 0 Å². The number of aliphatic hydroxyl groups excluding tert-OH is 2. The third-order valence-corrected chi connectivity index (χ3v) is 13.0. The number of hydrogen-bond acceptors (Lipinski definition) is 3. The zero-order valence-corrected chi connectivity index (χ0v) is 42.6. The van der Waals surface area contributed by atoms with Crippen LogP contribution < -0.4 is 5.32 Å². The number of allylic oxidation sites excluding steroid dienone is 7. The molecular weight excluding hydrogens is 771 g/mol. The molecule has 0 spiro atoms. The normalized spacial score (nSPS) is 13.1. The molecule has 1 amide bonds. The SMILES string of the molecule is CCCCCCCCCCCCC/C=C/CC/C=C/CC/C=C/C(O)C(CO)NC(=O)CCCCCCCCCCCCCCCC/C=C\CCCCCCCCCCCCCC. The van der Waals surface area contributed by atoms with Crippen molar-refractivity contribution in [2.24, 2.45) is 0 Å². The van der Waals surface area contributed by atoms with Crippen LogP contribution in [0.25, 0.3) is 0 Å². The van der Waals surface area contributed by atoms with E-state index in [0.29, 0.717) is 6.42 Å². The van der Waals surface area contributed by atoms with Crippen LogP contribution in [0.4, 0.5) is 0 Å². The summed E-state index contributed by atoms with van der Waals surface area (Å²) in [5.74, 6) is -0.0747. The Morgan fingerprint density at radius 1 is 0.365 bits per heavy atom. The molecule has 2 unspecified atom stereocenters. The molecule has 0 aliphatic rings. The summed E-state index contributed by atoms with van der Waals surface area (Å²) < 4.78 is 0. The summed E-state index contributed by atoms with van der Waals surface area (Å²) in [5.41, 5.74) is 0. The minimum atomic E-state index is -0.871. The van der Waals surface area contributed by atoms with Crippen molar-refractivity contribution in [3.05, 3.63) is 48.6 Å². The zero-order valence-electron chi connectivity index (χ0n) is 42.6. The van der Waals surface area contributed by atoms with E-state index in [9.17, 15) is 15.0 Å². The lowest BCUT2D eigenvalue weighted by atomic mass is 10.0. The first-order valence-electron chi connectivity index (χ1n) is 28.4. The summed E-state index contributed by atoms with van der Waals surface area (Å²) >= 11 is 0. The number of aliphatic hydroxyl groups is 2. The van der Waals surface area contributed by atoms with Crippen LogP contribution in [0, 0.1) is 0 Å². The van der Waals surface area contributed by atoms with Crippen molar-refractivity contribution >= 4 is 5.91 Å². The Labute approximate surface area is 394 Å².